The summed E-state index contributed by atoms with van der Waals surface area (Å²) in [5, 5.41) is 1.93. The zero-order valence-corrected chi connectivity index (χ0v) is 10.8. The zero-order valence-electron chi connectivity index (χ0n) is 10.0. The monoisotopic (exact) mass is 258 g/mol. The maximum absolute atomic E-state index is 11.8. The summed E-state index contributed by atoms with van der Waals surface area (Å²) in [4.78, 5) is 11.7. The van der Waals surface area contributed by atoms with Crippen LogP contribution in [-0.2, 0) is 22.1 Å². The number of hydrogen-bond donors (Lipinski definition) is 2. The van der Waals surface area contributed by atoms with Gasteiger partial charge in [-0.25, -0.2) is 0 Å². The molecule has 0 aliphatic carbocycles. The third kappa shape index (κ3) is 3.98. The van der Waals surface area contributed by atoms with E-state index in [1.807, 2.05) is 0 Å². The van der Waals surface area contributed by atoms with Gasteiger partial charge in [-0.05, 0) is 26.0 Å². The molecule has 0 spiro atoms. The van der Waals surface area contributed by atoms with Gasteiger partial charge in [-0.15, -0.1) is 0 Å². The first-order valence-electron chi connectivity index (χ1n) is 5.45. The summed E-state index contributed by atoms with van der Waals surface area (Å²) in [5.74, 6) is 0.420. The number of nitrogens with two attached hydrogens (primary N) is 1. The average Bonchev–Trinajstić information content (AvgIpc) is 2.86. The molecular weight excluding hydrogens is 240 g/mol. The molecule has 3 atom stereocenters. The molecule has 0 aliphatic heterocycles. The van der Waals surface area contributed by atoms with E-state index < -0.39 is 16.0 Å². The Morgan fingerprint density at radius 3 is 2.82 bits per heavy atom. The molecule has 0 bridgehead atoms. The van der Waals surface area contributed by atoms with E-state index in [-0.39, 0.29) is 11.2 Å². The second kappa shape index (κ2) is 6.56. The highest BCUT2D eigenvalue weighted by atomic mass is 32.2. The lowest BCUT2D eigenvalue weighted by Gasteiger charge is -2.15. The molecular formula is C11H18N2O3S. The zero-order chi connectivity index (χ0) is 12.8. The Balaban J connectivity index is 2.44. The van der Waals surface area contributed by atoms with Crippen LogP contribution in [0, 0.1) is 0 Å². The molecule has 1 heterocycles. The first-order chi connectivity index (χ1) is 8.06. The van der Waals surface area contributed by atoms with Gasteiger partial charge in [0.2, 0.25) is 5.91 Å². The lowest BCUT2D eigenvalue weighted by atomic mass is 10.4. The van der Waals surface area contributed by atoms with Gasteiger partial charge in [0.05, 0.1) is 12.8 Å². The van der Waals surface area contributed by atoms with E-state index in [2.05, 4.69) is 5.32 Å². The molecule has 1 aromatic heterocycles. The van der Waals surface area contributed by atoms with Crippen molar-refractivity contribution in [3.63, 3.8) is 0 Å². The molecule has 0 fully saturated rings. The van der Waals surface area contributed by atoms with Gasteiger partial charge in [0.1, 0.15) is 11.0 Å². The maximum atomic E-state index is 11.8. The quantitative estimate of drug-likeness (QED) is 0.772. The minimum absolute atomic E-state index is 0.181. The van der Waals surface area contributed by atoms with E-state index in [4.69, 9.17) is 10.2 Å². The van der Waals surface area contributed by atoms with Crippen molar-refractivity contribution in [1.82, 2.24) is 5.32 Å². The van der Waals surface area contributed by atoms with E-state index in [0.717, 1.165) is 0 Å². The highest BCUT2D eigenvalue weighted by Gasteiger charge is 2.23. The average molecular weight is 258 g/mol. The van der Waals surface area contributed by atoms with Crippen molar-refractivity contribution in [3.05, 3.63) is 24.2 Å². The molecule has 96 valence electrons. The Hall–Kier alpha value is -1.14. The Morgan fingerprint density at radius 2 is 2.29 bits per heavy atom. The van der Waals surface area contributed by atoms with Crippen LogP contribution in [0.5, 0.6) is 0 Å². The minimum atomic E-state index is -1.26. The summed E-state index contributed by atoms with van der Waals surface area (Å²) in [7, 11) is -1.26. The van der Waals surface area contributed by atoms with Crippen LogP contribution in [0.3, 0.4) is 0 Å². The van der Waals surface area contributed by atoms with Crippen LogP contribution < -0.4 is 11.1 Å². The summed E-state index contributed by atoms with van der Waals surface area (Å²) in [6, 6.07) is 3.52. The third-order valence-corrected chi connectivity index (χ3v) is 4.36. The van der Waals surface area contributed by atoms with E-state index in [1.54, 1.807) is 32.2 Å². The highest BCUT2D eigenvalue weighted by molar-refractivity contribution is 7.87. The topological polar surface area (TPSA) is 85.3 Å². The van der Waals surface area contributed by atoms with Crippen molar-refractivity contribution in [2.75, 3.05) is 6.54 Å². The molecule has 0 aliphatic rings. The molecule has 1 aromatic rings. The van der Waals surface area contributed by atoms with Gasteiger partial charge in [0, 0.05) is 22.6 Å². The van der Waals surface area contributed by atoms with Crippen LogP contribution in [-0.4, -0.2) is 27.2 Å². The molecule has 0 saturated carbocycles. The number of rotatable bonds is 6. The molecule has 1 rings (SSSR count). The van der Waals surface area contributed by atoms with Crippen molar-refractivity contribution in [2.45, 2.75) is 30.9 Å². The van der Waals surface area contributed by atoms with Crippen LogP contribution >= 0.6 is 0 Å². The lowest BCUT2D eigenvalue weighted by Crippen LogP contribution is -2.39. The van der Waals surface area contributed by atoms with Gasteiger partial charge >= 0.3 is 0 Å². The van der Waals surface area contributed by atoms with Gasteiger partial charge < -0.3 is 15.5 Å². The van der Waals surface area contributed by atoms with Crippen LogP contribution in [0.4, 0.5) is 0 Å². The fraction of sp³-hybridized carbons (Fsp3) is 0.545. The second-order valence-corrected chi connectivity index (χ2v) is 5.98. The van der Waals surface area contributed by atoms with Gasteiger partial charge in [0.25, 0.3) is 0 Å². The summed E-state index contributed by atoms with van der Waals surface area (Å²) in [5.41, 5.74) is 5.42. The van der Waals surface area contributed by atoms with Crippen LogP contribution in [0.1, 0.15) is 19.6 Å². The molecule has 3 N–H and O–H groups in total. The van der Waals surface area contributed by atoms with E-state index in [9.17, 15) is 9.00 Å². The molecule has 17 heavy (non-hydrogen) atoms. The molecule has 1 amide bonds. The molecule has 0 aromatic carbocycles. The van der Waals surface area contributed by atoms with Crippen molar-refractivity contribution >= 4 is 16.7 Å². The maximum Gasteiger partial charge on any atom is 0.235 e. The standard InChI is InChI=1S/C11H18N2O3S/c1-8(6-12)17(15)9(2)11(14)13-7-10-4-3-5-16-10/h3-5,8-9H,6-7,12H2,1-2H3,(H,13,14). The van der Waals surface area contributed by atoms with Crippen LogP contribution in [0.15, 0.2) is 22.8 Å². The van der Waals surface area contributed by atoms with E-state index >= 15 is 0 Å². The Labute approximate surface area is 103 Å². The van der Waals surface area contributed by atoms with Crippen LogP contribution in [0.25, 0.3) is 0 Å². The van der Waals surface area contributed by atoms with E-state index in [1.165, 1.54) is 0 Å². The van der Waals surface area contributed by atoms with Crippen LogP contribution in [0.2, 0.25) is 0 Å². The largest absolute Gasteiger partial charge is 0.467 e. The molecule has 0 saturated heterocycles. The Bertz CT molecular complexity index is 378. The van der Waals surface area contributed by atoms with Gasteiger partial charge in [-0.3, -0.25) is 9.00 Å². The van der Waals surface area contributed by atoms with Gasteiger partial charge in [0.15, 0.2) is 0 Å². The first kappa shape index (κ1) is 13.9. The number of nitrogens with one attached hydrogen (secondary N) is 1. The van der Waals surface area contributed by atoms with Crippen molar-refractivity contribution in [3.8, 4) is 0 Å². The highest BCUT2D eigenvalue weighted by Crippen LogP contribution is 2.04. The molecule has 0 radical (unpaired) electrons. The number of carbonyl (C=O) groups excluding carboxylic acids is 1. The first-order valence-corrected chi connectivity index (χ1v) is 6.73. The summed E-state index contributed by atoms with van der Waals surface area (Å²) in [6.07, 6.45) is 1.54. The normalized spacial score (nSPS) is 16.2. The summed E-state index contributed by atoms with van der Waals surface area (Å²) in [6.45, 7) is 4.03. The lowest BCUT2D eigenvalue weighted by molar-refractivity contribution is -0.120. The van der Waals surface area contributed by atoms with Crippen molar-refractivity contribution in [2.24, 2.45) is 5.73 Å². The minimum Gasteiger partial charge on any atom is -0.467 e. The fourth-order valence-corrected chi connectivity index (χ4v) is 2.46. The van der Waals surface area contributed by atoms with Crippen molar-refractivity contribution in [1.29, 1.82) is 0 Å². The number of furan rings is 1. The summed E-state index contributed by atoms with van der Waals surface area (Å²) < 4.78 is 16.9. The predicted octanol–water partition coefficient (Wildman–Crippen LogP) is 0.380. The Morgan fingerprint density at radius 1 is 1.59 bits per heavy atom. The SMILES string of the molecule is CC(CN)S(=O)C(C)C(=O)NCc1ccco1. The van der Waals surface area contributed by atoms with Crippen molar-refractivity contribution < 1.29 is 13.4 Å². The van der Waals surface area contributed by atoms with Gasteiger partial charge in [-0.1, -0.05) is 0 Å². The smallest absolute Gasteiger partial charge is 0.235 e. The predicted molar refractivity (Wildman–Crippen MR) is 66.7 cm³/mol. The number of hydrogen-bond acceptors (Lipinski definition) is 4. The van der Waals surface area contributed by atoms with Gasteiger partial charge in [-0.2, -0.15) is 0 Å². The molecule has 5 nitrogen and oxygen atoms in total. The Kier molecular flexibility index (Phi) is 5.37. The number of carbonyl (C=O) groups is 1. The van der Waals surface area contributed by atoms with E-state index in [0.29, 0.717) is 18.8 Å². The molecule has 6 heteroatoms. The number of amides is 1. The fourth-order valence-electron chi connectivity index (χ4n) is 1.28. The summed E-state index contributed by atoms with van der Waals surface area (Å²) >= 11 is 0. The third-order valence-electron chi connectivity index (χ3n) is 2.46. The molecule has 3 unspecified atom stereocenters. The second-order valence-electron chi connectivity index (χ2n) is 3.81.